The van der Waals surface area contributed by atoms with E-state index < -0.39 is 23.1 Å². The van der Waals surface area contributed by atoms with Crippen molar-refractivity contribution in [2.24, 2.45) is 7.05 Å². The van der Waals surface area contributed by atoms with Gasteiger partial charge in [-0.05, 0) is 25.5 Å². The molecule has 0 atom stereocenters. The molecule has 0 radical (unpaired) electrons. The number of amides is 1. The smallest absolute Gasteiger partial charge is 0.262 e. The van der Waals surface area contributed by atoms with Gasteiger partial charge in [0.2, 0.25) is 0 Å². The average molecular weight is 280 g/mol. The maximum absolute atomic E-state index is 13.9. The molecular weight excluding hydrogens is 266 g/mol. The number of aromatic nitrogens is 2. The molecule has 0 aliphatic rings. The van der Waals surface area contributed by atoms with E-state index >= 15 is 0 Å². The van der Waals surface area contributed by atoms with Gasteiger partial charge in [-0.2, -0.15) is 5.10 Å². The molecule has 1 amide bonds. The molecule has 0 unspecified atom stereocenters. The van der Waals surface area contributed by atoms with Crippen LogP contribution < -0.4 is 11.1 Å². The summed E-state index contributed by atoms with van der Waals surface area (Å²) in [5.41, 5.74) is 6.08. The largest absolute Gasteiger partial charge is 0.394 e. The zero-order valence-electron chi connectivity index (χ0n) is 11.3. The number of anilines is 2. The van der Waals surface area contributed by atoms with Crippen molar-refractivity contribution in [2.75, 3.05) is 11.1 Å². The van der Waals surface area contributed by atoms with Crippen molar-refractivity contribution < 1.29 is 13.6 Å². The first kappa shape index (κ1) is 14.0. The average Bonchev–Trinajstić information content (AvgIpc) is 2.61. The fraction of sp³-hybridized carbons (Fsp3) is 0.231. The molecule has 2 rings (SSSR count). The van der Waals surface area contributed by atoms with Crippen LogP contribution in [0, 0.1) is 25.5 Å². The zero-order chi connectivity index (χ0) is 15.0. The highest BCUT2D eigenvalue weighted by Crippen LogP contribution is 2.23. The van der Waals surface area contributed by atoms with Gasteiger partial charge in [0, 0.05) is 7.05 Å². The van der Waals surface area contributed by atoms with E-state index in [4.69, 9.17) is 5.73 Å². The van der Waals surface area contributed by atoms with Gasteiger partial charge in [-0.25, -0.2) is 8.78 Å². The summed E-state index contributed by atoms with van der Waals surface area (Å²) < 4.78 is 28.8. The number of carbonyl (C=O) groups excluding carboxylic acids is 1. The molecule has 0 fully saturated rings. The number of nitrogens with one attached hydrogen (secondary N) is 1. The highest BCUT2D eigenvalue weighted by molar-refractivity contribution is 6.05. The normalized spacial score (nSPS) is 10.7. The van der Waals surface area contributed by atoms with Crippen molar-refractivity contribution >= 4 is 17.4 Å². The summed E-state index contributed by atoms with van der Waals surface area (Å²) in [7, 11) is 1.57. The second-order valence-electron chi connectivity index (χ2n) is 4.48. The molecule has 0 spiro atoms. The number of aryl methyl sites for hydroxylation is 3. The molecule has 106 valence electrons. The van der Waals surface area contributed by atoms with E-state index in [9.17, 15) is 13.6 Å². The second kappa shape index (κ2) is 4.92. The van der Waals surface area contributed by atoms with Crippen molar-refractivity contribution in [1.29, 1.82) is 0 Å². The van der Waals surface area contributed by atoms with Gasteiger partial charge in [0.15, 0.2) is 5.82 Å². The molecule has 0 aliphatic carbocycles. The lowest BCUT2D eigenvalue weighted by Crippen LogP contribution is -2.19. The Balaban J connectivity index is 2.41. The Morgan fingerprint density at radius 2 is 2.00 bits per heavy atom. The van der Waals surface area contributed by atoms with E-state index in [-0.39, 0.29) is 17.1 Å². The van der Waals surface area contributed by atoms with Crippen LogP contribution in [0.15, 0.2) is 12.1 Å². The SMILES string of the molecule is Cc1ccc(F)c(C(=O)Nc2c(N)c(C)nn2C)c1F. The van der Waals surface area contributed by atoms with Crippen molar-refractivity contribution in [3.63, 3.8) is 0 Å². The second-order valence-corrected chi connectivity index (χ2v) is 4.48. The number of benzene rings is 1. The Bertz CT molecular complexity index is 694. The zero-order valence-corrected chi connectivity index (χ0v) is 11.3. The Morgan fingerprint density at radius 1 is 1.35 bits per heavy atom. The van der Waals surface area contributed by atoms with Crippen LogP contribution in [0.5, 0.6) is 0 Å². The van der Waals surface area contributed by atoms with Gasteiger partial charge in [0.05, 0.1) is 11.4 Å². The molecule has 0 saturated carbocycles. The predicted molar refractivity (Wildman–Crippen MR) is 71.4 cm³/mol. The lowest BCUT2D eigenvalue weighted by molar-refractivity contribution is 0.101. The third-order valence-corrected chi connectivity index (χ3v) is 3.01. The molecule has 1 aromatic carbocycles. The molecule has 1 aromatic heterocycles. The van der Waals surface area contributed by atoms with Gasteiger partial charge in [-0.15, -0.1) is 0 Å². The summed E-state index contributed by atoms with van der Waals surface area (Å²) >= 11 is 0. The fourth-order valence-electron chi connectivity index (χ4n) is 1.86. The van der Waals surface area contributed by atoms with Crippen molar-refractivity contribution in [2.45, 2.75) is 13.8 Å². The Morgan fingerprint density at radius 3 is 2.55 bits per heavy atom. The van der Waals surface area contributed by atoms with Gasteiger partial charge < -0.3 is 11.1 Å². The van der Waals surface area contributed by atoms with Gasteiger partial charge in [-0.1, -0.05) is 6.07 Å². The third-order valence-electron chi connectivity index (χ3n) is 3.01. The standard InChI is InChI=1S/C13H14F2N4O/c1-6-4-5-8(14)9(10(6)15)13(20)17-12-11(16)7(2)18-19(12)3/h4-5H,16H2,1-3H3,(H,17,20). The molecule has 0 bridgehead atoms. The van der Waals surface area contributed by atoms with Crippen molar-refractivity contribution in [3.8, 4) is 0 Å². The summed E-state index contributed by atoms with van der Waals surface area (Å²) in [6, 6.07) is 2.31. The van der Waals surface area contributed by atoms with Crippen LogP contribution in [0.3, 0.4) is 0 Å². The topological polar surface area (TPSA) is 72.9 Å². The van der Waals surface area contributed by atoms with Crippen LogP contribution in [0.2, 0.25) is 0 Å². The monoisotopic (exact) mass is 280 g/mol. The minimum Gasteiger partial charge on any atom is -0.394 e. The van der Waals surface area contributed by atoms with Crippen LogP contribution in [0.4, 0.5) is 20.3 Å². The first-order valence-electron chi connectivity index (χ1n) is 5.88. The molecular formula is C13H14F2N4O. The summed E-state index contributed by atoms with van der Waals surface area (Å²) in [6.45, 7) is 3.12. The number of hydrogen-bond donors (Lipinski definition) is 2. The Kier molecular flexibility index (Phi) is 3.44. The number of nitrogens with zero attached hydrogens (tertiary/aromatic N) is 2. The highest BCUT2D eigenvalue weighted by Gasteiger charge is 2.21. The fourth-order valence-corrected chi connectivity index (χ4v) is 1.86. The van der Waals surface area contributed by atoms with Crippen molar-refractivity contribution in [1.82, 2.24) is 9.78 Å². The first-order chi connectivity index (χ1) is 9.32. The van der Waals surface area contributed by atoms with E-state index in [1.165, 1.54) is 17.7 Å². The minimum atomic E-state index is -0.928. The van der Waals surface area contributed by atoms with Gasteiger partial charge in [0.1, 0.15) is 17.2 Å². The van der Waals surface area contributed by atoms with E-state index in [0.717, 1.165) is 6.07 Å². The van der Waals surface area contributed by atoms with Crippen LogP contribution in [0.25, 0.3) is 0 Å². The van der Waals surface area contributed by atoms with Crippen LogP contribution >= 0.6 is 0 Å². The van der Waals surface area contributed by atoms with Crippen molar-refractivity contribution in [3.05, 3.63) is 40.6 Å². The molecule has 2 aromatic rings. The maximum Gasteiger partial charge on any atom is 0.262 e. The van der Waals surface area contributed by atoms with E-state index in [0.29, 0.717) is 5.69 Å². The minimum absolute atomic E-state index is 0.186. The molecule has 7 heteroatoms. The van der Waals surface area contributed by atoms with E-state index in [1.54, 1.807) is 14.0 Å². The molecule has 5 nitrogen and oxygen atoms in total. The van der Waals surface area contributed by atoms with Crippen LogP contribution in [-0.4, -0.2) is 15.7 Å². The van der Waals surface area contributed by atoms with Crippen LogP contribution in [0.1, 0.15) is 21.6 Å². The highest BCUT2D eigenvalue weighted by atomic mass is 19.1. The number of halogens is 2. The molecule has 0 aliphatic heterocycles. The number of nitrogen functional groups attached to an aromatic ring is 1. The summed E-state index contributed by atoms with van der Waals surface area (Å²) in [5, 5.41) is 6.39. The summed E-state index contributed by atoms with van der Waals surface area (Å²) in [6.07, 6.45) is 0. The van der Waals surface area contributed by atoms with Gasteiger partial charge >= 0.3 is 0 Å². The lowest BCUT2D eigenvalue weighted by atomic mass is 10.1. The van der Waals surface area contributed by atoms with E-state index in [2.05, 4.69) is 10.4 Å². The summed E-state index contributed by atoms with van der Waals surface area (Å²) in [4.78, 5) is 12.0. The number of carbonyl (C=O) groups is 1. The summed E-state index contributed by atoms with van der Waals surface area (Å²) in [5.74, 6) is -2.52. The Labute approximate surface area is 114 Å². The van der Waals surface area contributed by atoms with Crippen LogP contribution in [-0.2, 0) is 7.05 Å². The predicted octanol–water partition coefficient (Wildman–Crippen LogP) is 2.15. The van der Waals surface area contributed by atoms with E-state index in [1.807, 2.05) is 0 Å². The van der Waals surface area contributed by atoms with Gasteiger partial charge in [-0.3, -0.25) is 9.48 Å². The molecule has 20 heavy (non-hydrogen) atoms. The van der Waals surface area contributed by atoms with Gasteiger partial charge in [0.25, 0.3) is 5.91 Å². The first-order valence-corrected chi connectivity index (χ1v) is 5.88. The number of nitrogens with two attached hydrogens (primary N) is 1. The number of rotatable bonds is 2. The maximum atomic E-state index is 13.9. The molecule has 0 saturated heterocycles. The Hall–Kier alpha value is -2.44. The number of hydrogen-bond acceptors (Lipinski definition) is 3. The molecule has 3 N–H and O–H groups in total. The lowest BCUT2D eigenvalue weighted by Gasteiger charge is -2.09. The third kappa shape index (κ3) is 2.22. The quantitative estimate of drug-likeness (QED) is 0.885. The molecule has 1 heterocycles.